The van der Waals surface area contributed by atoms with Crippen LogP contribution in [0.4, 0.5) is 4.79 Å². The fraction of sp³-hybridized carbons (Fsp3) is 0.923. The number of halogens is 1. The van der Waals surface area contributed by atoms with Crippen LogP contribution >= 0.6 is 11.6 Å². The Bertz CT molecular complexity index is 455. The van der Waals surface area contributed by atoms with Crippen LogP contribution in [0.25, 0.3) is 0 Å². The van der Waals surface area contributed by atoms with Crippen molar-refractivity contribution >= 4 is 17.6 Å². The minimum Gasteiger partial charge on any atom is -0.394 e. The van der Waals surface area contributed by atoms with Gasteiger partial charge >= 0.3 is 6.03 Å². The lowest BCUT2D eigenvalue weighted by Crippen LogP contribution is -2.75. The Hall–Kier alpha value is -1.08. The Morgan fingerprint density at radius 2 is 2.04 bits per heavy atom. The molecule has 0 aliphatic carbocycles. The highest BCUT2D eigenvalue weighted by Gasteiger charge is 2.60. The number of rotatable bonds is 8. The number of methoxy groups -OCH3 is 1. The van der Waals surface area contributed by atoms with Crippen LogP contribution in [0.5, 0.6) is 0 Å². The van der Waals surface area contributed by atoms with Gasteiger partial charge in [-0.05, 0) is 6.42 Å². The lowest BCUT2D eigenvalue weighted by molar-refractivity contribution is -0.368. The van der Waals surface area contributed by atoms with Gasteiger partial charge in [0, 0.05) is 19.5 Å². The summed E-state index contributed by atoms with van der Waals surface area (Å²) in [6.45, 7) is 0.704. The first kappa shape index (κ1) is 22.0. The number of ether oxygens (including phenoxy) is 2. The average molecular weight is 386 g/mol. The topological polar surface area (TPSA) is 152 Å². The van der Waals surface area contributed by atoms with Gasteiger partial charge in [0.25, 0.3) is 0 Å². The van der Waals surface area contributed by atoms with Crippen LogP contribution in [0.15, 0.2) is 5.29 Å². The van der Waals surface area contributed by atoms with Crippen molar-refractivity contribution in [2.24, 2.45) is 5.29 Å². The van der Waals surface area contributed by atoms with Crippen LogP contribution in [-0.4, -0.2) is 99.4 Å². The molecule has 5 atom stereocenters. The number of aliphatic hydroxyl groups excluding tert-OH is 3. The van der Waals surface area contributed by atoms with Crippen LogP contribution in [0.2, 0.25) is 0 Å². The smallest absolute Gasteiger partial charge is 0.345 e. The van der Waals surface area contributed by atoms with E-state index in [0.717, 1.165) is 12.0 Å². The molecule has 146 valence electrons. The number of amides is 2. The molecule has 1 aliphatic heterocycles. The molecule has 0 spiro atoms. The van der Waals surface area contributed by atoms with E-state index in [9.17, 15) is 30.1 Å². The zero-order valence-electron chi connectivity index (χ0n) is 14.0. The third kappa shape index (κ3) is 4.19. The monoisotopic (exact) mass is 385 g/mol. The largest absolute Gasteiger partial charge is 0.394 e. The van der Waals surface area contributed by atoms with Crippen LogP contribution in [0.3, 0.4) is 0 Å². The maximum absolute atomic E-state index is 12.6. The van der Waals surface area contributed by atoms with Gasteiger partial charge in [-0.15, -0.1) is 16.5 Å². The number of carbonyl (C=O) groups is 1. The molecule has 1 fully saturated rings. The summed E-state index contributed by atoms with van der Waals surface area (Å²) in [4.78, 5) is 24.3. The molecule has 1 aliphatic rings. The van der Waals surface area contributed by atoms with Gasteiger partial charge in [0.2, 0.25) is 12.0 Å². The second kappa shape index (κ2) is 9.57. The molecule has 0 bridgehead atoms. The van der Waals surface area contributed by atoms with Gasteiger partial charge in [-0.1, -0.05) is 6.92 Å². The third-order valence-corrected chi connectivity index (χ3v) is 4.07. The summed E-state index contributed by atoms with van der Waals surface area (Å²) < 4.78 is 10.3. The summed E-state index contributed by atoms with van der Waals surface area (Å²) in [7, 11) is 1.15. The molecule has 1 rings (SSSR count). The van der Waals surface area contributed by atoms with E-state index in [0.29, 0.717) is 11.4 Å². The second-order valence-electron chi connectivity index (χ2n) is 5.47. The van der Waals surface area contributed by atoms with E-state index in [1.807, 2.05) is 0 Å². The summed E-state index contributed by atoms with van der Waals surface area (Å²) >= 11 is 5.53. The molecule has 25 heavy (non-hydrogen) atoms. The fourth-order valence-corrected chi connectivity index (χ4v) is 2.80. The summed E-state index contributed by atoms with van der Waals surface area (Å²) in [5.41, 5.74) is -2.53. The number of hydrogen-bond donors (Lipinski definition) is 4. The Kier molecular flexibility index (Phi) is 8.41. The van der Waals surface area contributed by atoms with E-state index in [2.05, 4.69) is 5.29 Å². The number of hydrogen-bond acceptors (Lipinski definition) is 9. The van der Waals surface area contributed by atoms with Gasteiger partial charge in [-0.3, -0.25) is 4.90 Å². The molecule has 0 saturated carbocycles. The lowest BCUT2D eigenvalue weighted by atomic mass is 9.91. The van der Waals surface area contributed by atoms with Crippen LogP contribution in [-0.2, 0) is 9.47 Å². The van der Waals surface area contributed by atoms with E-state index in [1.165, 1.54) is 0 Å². The van der Waals surface area contributed by atoms with Gasteiger partial charge in [-0.25, -0.2) is 4.79 Å². The highest BCUT2D eigenvalue weighted by molar-refractivity contribution is 6.18. The molecule has 0 aromatic rings. The minimum atomic E-state index is -2.53. The number of aliphatic hydroxyl groups is 4. The van der Waals surface area contributed by atoms with Gasteiger partial charge in [0.1, 0.15) is 18.3 Å². The molecule has 4 N–H and O–H groups in total. The molecule has 1 saturated heterocycles. The number of alkyl halides is 1. The van der Waals surface area contributed by atoms with Gasteiger partial charge < -0.3 is 29.9 Å². The first-order valence-electron chi connectivity index (χ1n) is 7.69. The van der Waals surface area contributed by atoms with Gasteiger partial charge in [0.15, 0.2) is 0 Å². The molecule has 12 heteroatoms. The Morgan fingerprint density at radius 3 is 2.48 bits per heavy atom. The molecule has 1 unspecified atom stereocenters. The van der Waals surface area contributed by atoms with Crippen molar-refractivity contribution in [1.82, 2.24) is 9.91 Å². The maximum Gasteiger partial charge on any atom is 0.345 e. The zero-order chi connectivity index (χ0) is 19.2. The van der Waals surface area contributed by atoms with Gasteiger partial charge in [-0.2, -0.15) is 5.01 Å². The Labute approximate surface area is 149 Å². The van der Waals surface area contributed by atoms with Crippen molar-refractivity contribution in [2.75, 3.05) is 32.7 Å². The third-order valence-electron chi connectivity index (χ3n) is 3.91. The molecular weight excluding hydrogens is 362 g/mol. The molecule has 2 amide bonds. The molecule has 0 aromatic carbocycles. The van der Waals surface area contributed by atoms with Crippen molar-refractivity contribution < 1.29 is 34.7 Å². The standard InChI is InChI=1S/C13H24ClN3O8/c1-3-5-16(12(21)17(15-23)6-4-14)13(22)10(20)9(19)8(7-18)25-11(13)24-2/h8-11,18-20,22H,3-7H2,1-2H3/t8-,9-,10+,11?,13+/m1/s1. The predicted octanol–water partition coefficient (Wildman–Crippen LogP) is -1.19. The minimum absolute atomic E-state index is 0.0855. The first-order chi connectivity index (χ1) is 11.8. The summed E-state index contributed by atoms with van der Waals surface area (Å²) in [6.07, 6.45) is -6.14. The molecule has 0 radical (unpaired) electrons. The highest BCUT2D eigenvalue weighted by Crippen LogP contribution is 2.34. The molecule has 0 aromatic heterocycles. The Balaban J connectivity index is 3.28. The maximum atomic E-state index is 12.6. The number of nitrogens with zero attached hydrogens (tertiary/aromatic N) is 3. The molecular formula is C13H24ClN3O8. The fourth-order valence-electron chi connectivity index (χ4n) is 2.64. The normalized spacial score (nSPS) is 32.3. The van der Waals surface area contributed by atoms with E-state index in [-0.39, 0.29) is 19.0 Å². The van der Waals surface area contributed by atoms with Gasteiger partial charge in [0.05, 0.1) is 18.4 Å². The number of carbonyl (C=O) groups excluding carboxylic acids is 1. The quantitative estimate of drug-likeness (QED) is 0.176. The van der Waals surface area contributed by atoms with Crippen LogP contribution in [0.1, 0.15) is 13.3 Å². The van der Waals surface area contributed by atoms with Crippen molar-refractivity contribution in [2.45, 2.75) is 43.7 Å². The summed E-state index contributed by atoms with van der Waals surface area (Å²) in [6, 6.07) is -1.04. The number of urea groups is 1. The van der Waals surface area contributed by atoms with Crippen LogP contribution in [0, 0.1) is 4.91 Å². The molecule has 11 nitrogen and oxygen atoms in total. The van der Waals surface area contributed by atoms with E-state index in [4.69, 9.17) is 21.1 Å². The van der Waals surface area contributed by atoms with Crippen LogP contribution < -0.4 is 0 Å². The number of nitroso groups, excluding NO2 is 1. The average Bonchev–Trinajstić information content (AvgIpc) is 2.62. The first-order valence-corrected chi connectivity index (χ1v) is 8.22. The lowest BCUT2D eigenvalue weighted by Gasteiger charge is -2.52. The van der Waals surface area contributed by atoms with Crippen molar-refractivity contribution in [3.63, 3.8) is 0 Å². The summed E-state index contributed by atoms with van der Waals surface area (Å²) in [5, 5.41) is 43.8. The van der Waals surface area contributed by atoms with Crippen molar-refractivity contribution in [3.8, 4) is 0 Å². The SMILES string of the molecule is CCCN(C(=O)N(CCCl)N=O)[C@@]1(O)C(OC)O[C@H](CO)[C@@H](O)[C@@H]1O. The van der Waals surface area contributed by atoms with Crippen molar-refractivity contribution in [1.29, 1.82) is 0 Å². The van der Waals surface area contributed by atoms with E-state index < -0.39 is 43.0 Å². The second-order valence-corrected chi connectivity index (χ2v) is 5.85. The molecule has 1 heterocycles. The summed E-state index contributed by atoms with van der Waals surface area (Å²) in [5.74, 6) is -0.0855. The predicted molar refractivity (Wildman–Crippen MR) is 85.3 cm³/mol. The highest BCUT2D eigenvalue weighted by atomic mass is 35.5. The van der Waals surface area contributed by atoms with Crippen molar-refractivity contribution in [3.05, 3.63) is 4.91 Å². The zero-order valence-corrected chi connectivity index (χ0v) is 14.7. The Morgan fingerprint density at radius 1 is 1.40 bits per heavy atom. The van der Waals surface area contributed by atoms with E-state index >= 15 is 0 Å². The van der Waals surface area contributed by atoms with E-state index in [1.54, 1.807) is 6.92 Å².